The zero-order chi connectivity index (χ0) is 18.1. The molecule has 1 aliphatic rings. The molecule has 134 valence electrons. The monoisotopic (exact) mass is 351 g/mol. The van der Waals surface area contributed by atoms with Gasteiger partial charge in [-0.25, -0.2) is 0 Å². The van der Waals surface area contributed by atoms with Crippen LogP contribution in [0.1, 0.15) is 17.0 Å². The van der Waals surface area contributed by atoms with Crippen molar-refractivity contribution in [3.8, 4) is 28.6 Å². The molecule has 3 aromatic rings. The Labute approximate surface area is 152 Å². The van der Waals surface area contributed by atoms with Gasteiger partial charge in [-0.15, -0.1) is 10.2 Å². The highest BCUT2D eigenvalue weighted by molar-refractivity contribution is 5.72. The number of fused-ring (bicyclic) bond motifs is 2. The summed E-state index contributed by atoms with van der Waals surface area (Å²) in [6.07, 6.45) is 1.83. The van der Waals surface area contributed by atoms with E-state index in [1.165, 1.54) is 11.1 Å². The molecule has 0 saturated carbocycles. The molecule has 2 heterocycles. The van der Waals surface area contributed by atoms with Gasteiger partial charge in [0.2, 0.25) is 5.75 Å². The van der Waals surface area contributed by atoms with Crippen LogP contribution in [0.25, 0.3) is 11.4 Å². The Hall–Kier alpha value is -3.02. The molecule has 0 fully saturated rings. The molecular weight excluding hydrogens is 330 g/mol. The van der Waals surface area contributed by atoms with Crippen molar-refractivity contribution in [1.82, 2.24) is 14.8 Å². The summed E-state index contributed by atoms with van der Waals surface area (Å²) in [5, 5.41) is 8.89. The van der Waals surface area contributed by atoms with Crippen LogP contribution in [0.15, 0.2) is 36.4 Å². The molecule has 4 rings (SSSR count). The van der Waals surface area contributed by atoms with E-state index in [4.69, 9.17) is 14.2 Å². The standard InChI is InChI=1S/C20H21N3O3/c1-24-16-10-9-15(18(25-2)19(16)26-3)20-22-21-17-11-8-13-6-4-5-7-14(13)12-23(17)20/h4-7,9-10H,8,11-12H2,1-3H3. The lowest BCUT2D eigenvalue weighted by molar-refractivity contribution is 0.325. The molecule has 1 aliphatic heterocycles. The van der Waals surface area contributed by atoms with Gasteiger partial charge in [0.1, 0.15) is 5.82 Å². The SMILES string of the molecule is COc1ccc(-c2nnc3n2Cc2ccccc2CC3)c(OC)c1OC. The van der Waals surface area contributed by atoms with Gasteiger partial charge in [0.05, 0.1) is 33.4 Å². The second-order valence-electron chi connectivity index (χ2n) is 6.18. The molecule has 0 N–H and O–H groups in total. The van der Waals surface area contributed by atoms with E-state index in [0.29, 0.717) is 17.2 Å². The molecule has 2 aromatic carbocycles. The third-order valence-corrected chi connectivity index (χ3v) is 4.84. The molecule has 0 saturated heterocycles. The van der Waals surface area contributed by atoms with Gasteiger partial charge in [-0.1, -0.05) is 24.3 Å². The molecule has 0 radical (unpaired) electrons. The van der Waals surface area contributed by atoms with E-state index in [1.807, 2.05) is 12.1 Å². The first-order chi connectivity index (χ1) is 12.8. The first kappa shape index (κ1) is 16.4. The van der Waals surface area contributed by atoms with E-state index in [1.54, 1.807) is 21.3 Å². The Morgan fingerprint density at radius 3 is 2.31 bits per heavy atom. The molecule has 26 heavy (non-hydrogen) atoms. The summed E-state index contributed by atoms with van der Waals surface area (Å²) in [5.41, 5.74) is 3.50. The average molecular weight is 351 g/mol. The highest BCUT2D eigenvalue weighted by atomic mass is 16.5. The van der Waals surface area contributed by atoms with Crippen LogP contribution in [-0.4, -0.2) is 36.1 Å². The predicted octanol–water partition coefficient (Wildman–Crippen LogP) is 3.12. The number of rotatable bonds is 4. The number of aryl methyl sites for hydroxylation is 2. The lowest BCUT2D eigenvalue weighted by Gasteiger charge is -2.16. The fourth-order valence-corrected chi connectivity index (χ4v) is 3.54. The van der Waals surface area contributed by atoms with Crippen molar-refractivity contribution in [3.05, 3.63) is 53.3 Å². The van der Waals surface area contributed by atoms with Crippen LogP contribution in [0, 0.1) is 0 Å². The van der Waals surface area contributed by atoms with Crippen molar-refractivity contribution in [2.45, 2.75) is 19.4 Å². The number of aromatic nitrogens is 3. The van der Waals surface area contributed by atoms with Crippen LogP contribution in [0.4, 0.5) is 0 Å². The maximum atomic E-state index is 5.64. The van der Waals surface area contributed by atoms with Gasteiger partial charge in [-0.05, 0) is 29.7 Å². The summed E-state index contributed by atoms with van der Waals surface area (Å²) >= 11 is 0. The van der Waals surface area contributed by atoms with Crippen molar-refractivity contribution in [2.75, 3.05) is 21.3 Å². The molecule has 0 atom stereocenters. The van der Waals surface area contributed by atoms with E-state index in [0.717, 1.165) is 36.6 Å². The van der Waals surface area contributed by atoms with Gasteiger partial charge < -0.3 is 18.8 Å². The number of nitrogens with zero attached hydrogens (tertiary/aromatic N) is 3. The quantitative estimate of drug-likeness (QED) is 0.723. The topological polar surface area (TPSA) is 58.4 Å². The number of methoxy groups -OCH3 is 3. The van der Waals surface area contributed by atoms with E-state index in [9.17, 15) is 0 Å². The number of benzene rings is 2. The second kappa shape index (κ2) is 6.71. The Balaban J connectivity index is 1.86. The first-order valence-electron chi connectivity index (χ1n) is 8.55. The molecule has 6 heteroatoms. The van der Waals surface area contributed by atoms with Gasteiger partial charge >= 0.3 is 0 Å². The van der Waals surface area contributed by atoms with Crippen LogP contribution in [0.5, 0.6) is 17.2 Å². The molecular formula is C20H21N3O3. The smallest absolute Gasteiger partial charge is 0.204 e. The molecule has 1 aromatic heterocycles. The lowest BCUT2D eigenvalue weighted by atomic mass is 10.0. The minimum absolute atomic E-state index is 0.555. The van der Waals surface area contributed by atoms with Gasteiger partial charge in [0, 0.05) is 6.42 Å². The average Bonchev–Trinajstić information content (AvgIpc) is 2.98. The van der Waals surface area contributed by atoms with Crippen molar-refractivity contribution < 1.29 is 14.2 Å². The summed E-state index contributed by atoms with van der Waals surface area (Å²) < 4.78 is 18.7. The number of hydrogen-bond donors (Lipinski definition) is 0. The Bertz CT molecular complexity index is 949. The van der Waals surface area contributed by atoms with E-state index >= 15 is 0 Å². The molecule has 6 nitrogen and oxygen atoms in total. The van der Waals surface area contributed by atoms with Crippen LogP contribution in [-0.2, 0) is 19.4 Å². The van der Waals surface area contributed by atoms with Crippen LogP contribution < -0.4 is 14.2 Å². The maximum Gasteiger partial charge on any atom is 0.204 e. The fraction of sp³-hybridized carbons (Fsp3) is 0.300. The van der Waals surface area contributed by atoms with Crippen molar-refractivity contribution >= 4 is 0 Å². The van der Waals surface area contributed by atoms with Gasteiger partial charge in [0.25, 0.3) is 0 Å². The van der Waals surface area contributed by atoms with Crippen LogP contribution >= 0.6 is 0 Å². The molecule has 0 aliphatic carbocycles. The predicted molar refractivity (Wildman–Crippen MR) is 98.1 cm³/mol. The number of ether oxygens (including phenoxy) is 3. The molecule has 0 amide bonds. The van der Waals surface area contributed by atoms with Crippen molar-refractivity contribution in [2.24, 2.45) is 0 Å². The second-order valence-corrected chi connectivity index (χ2v) is 6.18. The van der Waals surface area contributed by atoms with Gasteiger partial charge in [0.15, 0.2) is 17.3 Å². The summed E-state index contributed by atoms with van der Waals surface area (Å²) in [6, 6.07) is 12.3. The maximum absolute atomic E-state index is 5.64. The van der Waals surface area contributed by atoms with Crippen LogP contribution in [0.2, 0.25) is 0 Å². The van der Waals surface area contributed by atoms with Crippen molar-refractivity contribution in [3.63, 3.8) is 0 Å². The molecule has 0 spiro atoms. The Kier molecular flexibility index (Phi) is 4.24. The van der Waals surface area contributed by atoms with E-state index < -0.39 is 0 Å². The van der Waals surface area contributed by atoms with Gasteiger partial charge in [-0.3, -0.25) is 0 Å². The van der Waals surface area contributed by atoms with Gasteiger partial charge in [-0.2, -0.15) is 0 Å². The highest BCUT2D eigenvalue weighted by Crippen LogP contribution is 2.44. The summed E-state index contributed by atoms with van der Waals surface area (Å²) in [7, 11) is 4.83. The zero-order valence-electron chi connectivity index (χ0n) is 15.2. The first-order valence-corrected chi connectivity index (χ1v) is 8.55. The lowest BCUT2D eigenvalue weighted by Crippen LogP contribution is -2.06. The minimum Gasteiger partial charge on any atom is -0.493 e. The molecule has 0 unspecified atom stereocenters. The highest BCUT2D eigenvalue weighted by Gasteiger charge is 2.24. The van der Waals surface area contributed by atoms with Crippen LogP contribution in [0.3, 0.4) is 0 Å². The number of hydrogen-bond acceptors (Lipinski definition) is 5. The Morgan fingerprint density at radius 1 is 0.808 bits per heavy atom. The Morgan fingerprint density at radius 2 is 1.58 bits per heavy atom. The zero-order valence-corrected chi connectivity index (χ0v) is 15.2. The van der Waals surface area contributed by atoms with E-state index in [2.05, 4.69) is 39.0 Å². The third-order valence-electron chi connectivity index (χ3n) is 4.84. The largest absolute Gasteiger partial charge is 0.493 e. The summed E-state index contributed by atoms with van der Waals surface area (Å²) in [6.45, 7) is 0.741. The minimum atomic E-state index is 0.555. The normalized spacial score (nSPS) is 12.7. The summed E-state index contributed by atoms with van der Waals surface area (Å²) in [4.78, 5) is 0. The fourth-order valence-electron chi connectivity index (χ4n) is 3.54. The molecule has 0 bridgehead atoms. The summed E-state index contributed by atoms with van der Waals surface area (Å²) in [5.74, 6) is 3.52. The third kappa shape index (κ3) is 2.58. The van der Waals surface area contributed by atoms with E-state index in [-0.39, 0.29) is 0 Å². The van der Waals surface area contributed by atoms with Crippen molar-refractivity contribution in [1.29, 1.82) is 0 Å².